The first kappa shape index (κ1) is 8.13. The Bertz CT molecular complexity index is 205. The lowest BCUT2D eigenvalue weighted by atomic mass is 9.77. The fourth-order valence-electron chi connectivity index (χ4n) is 1.23. The van der Waals surface area contributed by atoms with Crippen LogP contribution in [0.15, 0.2) is 0 Å². The van der Waals surface area contributed by atoms with E-state index in [1.807, 2.05) is 6.92 Å². The Morgan fingerprint density at radius 3 is 2.64 bits per heavy atom. The van der Waals surface area contributed by atoms with Crippen molar-refractivity contribution in [1.29, 1.82) is 0 Å². The summed E-state index contributed by atoms with van der Waals surface area (Å²) in [5, 5.41) is 8.26. The van der Waals surface area contributed by atoms with E-state index in [0.29, 0.717) is 5.92 Å². The molecule has 2 nitrogen and oxygen atoms in total. The Hall–Kier alpha value is -0.970. The van der Waals surface area contributed by atoms with E-state index in [2.05, 4.69) is 11.8 Å². The van der Waals surface area contributed by atoms with E-state index in [-0.39, 0.29) is 5.92 Å². The van der Waals surface area contributed by atoms with Gasteiger partial charge in [0.25, 0.3) is 0 Å². The van der Waals surface area contributed by atoms with Crippen LogP contribution in [-0.4, -0.2) is 11.1 Å². The molecule has 0 amide bonds. The fraction of sp³-hybridized carbons (Fsp3) is 0.667. The summed E-state index contributed by atoms with van der Waals surface area (Å²) in [5.74, 6) is 4.80. The third-order valence-corrected chi connectivity index (χ3v) is 2.26. The number of hydrogen-bond donors (Lipinski definition) is 1. The number of carbonyl (C=O) groups is 1. The van der Waals surface area contributed by atoms with Crippen LogP contribution in [0.1, 0.15) is 26.2 Å². The van der Waals surface area contributed by atoms with Crippen molar-refractivity contribution < 1.29 is 9.90 Å². The maximum Gasteiger partial charge on any atom is 0.381 e. The van der Waals surface area contributed by atoms with Gasteiger partial charge in [-0.15, -0.1) is 0 Å². The number of aliphatic carboxylic acids is 1. The maximum atomic E-state index is 10.1. The molecule has 1 unspecified atom stereocenters. The molecule has 0 radical (unpaired) electrons. The molecular weight excluding hydrogens is 140 g/mol. The quantitative estimate of drug-likeness (QED) is 0.578. The maximum absolute atomic E-state index is 10.1. The average Bonchev–Trinajstić information content (AvgIpc) is 1.79. The molecule has 11 heavy (non-hydrogen) atoms. The number of rotatable bonds is 1. The van der Waals surface area contributed by atoms with Gasteiger partial charge in [-0.25, -0.2) is 4.79 Å². The third kappa shape index (κ3) is 2.27. The predicted octanol–water partition coefficient (Wildman–Crippen LogP) is 1.51. The van der Waals surface area contributed by atoms with E-state index in [1.165, 1.54) is 19.3 Å². The fourth-order valence-corrected chi connectivity index (χ4v) is 1.23. The van der Waals surface area contributed by atoms with Crippen LogP contribution in [0.4, 0.5) is 0 Å². The van der Waals surface area contributed by atoms with Gasteiger partial charge in [0, 0.05) is 11.8 Å². The molecule has 1 aliphatic carbocycles. The lowest BCUT2D eigenvalue weighted by Crippen LogP contribution is -2.18. The molecular formula is C9H12O2. The summed E-state index contributed by atoms with van der Waals surface area (Å²) < 4.78 is 0. The molecule has 0 aromatic carbocycles. The van der Waals surface area contributed by atoms with E-state index in [9.17, 15) is 4.79 Å². The van der Waals surface area contributed by atoms with Crippen molar-refractivity contribution in [2.45, 2.75) is 26.2 Å². The topological polar surface area (TPSA) is 37.3 Å². The summed E-state index contributed by atoms with van der Waals surface area (Å²) in [4.78, 5) is 10.1. The highest BCUT2D eigenvalue weighted by molar-refractivity contribution is 5.86. The van der Waals surface area contributed by atoms with Gasteiger partial charge < -0.3 is 5.11 Å². The van der Waals surface area contributed by atoms with Crippen molar-refractivity contribution >= 4 is 5.97 Å². The third-order valence-electron chi connectivity index (χ3n) is 2.26. The van der Waals surface area contributed by atoms with Crippen LogP contribution in [0.2, 0.25) is 0 Å². The Morgan fingerprint density at radius 1 is 1.64 bits per heavy atom. The molecule has 1 saturated carbocycles. The smallest absolute Gasteiger partial charge is 0.381 e. The normalized spacial score (nSPS) is 19.4. The summed E-state index contributed by atoms with van der Waals surface area (Å²) in [6.07, 6.45) is 3.72. The minimum absolute atomic E-state index is 0.264. The molecule has 0 bridgehead atoms. The van der Waals surface area contributed by atoms with Gasteiger partial charge in [0.05, 0.1) is 0 Å². The van der Waals surface area contributed by atoms with Crippen LogP contribution in [0.3, 0.4) is 0 Å². The largest absolute Gasteiger partial charge is 0.472 e. The highest BCUT2D eigenvalue weighted by Gasteiger charge is 2.22. The Morgan fingerprint density at radius 2 is 2.27 bits per heavy atom. The molecule has 1 fully saturated rings. The lowest BCUT2D eigenvalue weighted by Gasteiger charge is -2.28. The van der Waals surface area contributed by atoms with Gasteiger partial charge >= 0.3 is 5.97 Å². The second kappa shape index (κ2) is 3.43. The molecule has 0 aromatic rings. The Kier molecular flexibility index (Phi) is 2.53. The summed E-state index contributed by atoms with van der Waals surface area (Å²) >= 11 is 0. The SMILES string of the molecule is CC(C#CC(=O)O)C1CCC1. The van der Waals surface area contributed by atoms with Gasteiger partial charge in [0.1, 0.15) is 0 Å². The molecule has 1 aliphatic rings. The predicted molar refractivity (Wildman–Crippen MR) is 41.9 cm³/mol. The molecule has 1 N–H and O–H groups in total. The van der Waals surface area contributed by atoms with Crippen molar-refractivity contribution in [1.82, 2.24) is 0 Å². The minimum Gasteiger partial charge on any atom is -0.472 e. The average molecular weight is 152 g/mol. The molecule has 1 atom stereocenters. The highest BCUT2D eigenvalue weighted by Crippen LogP contribution is 2.32. The van der Waals surface area contributed by atoms with Crippen molar-refractivity contribution in [2.75, 3.05) is 0 Å². The van der Waals surface area contributed by atoms with Crippen molar-refractivity contribution in [3.63, 3.8) is 0 Å². The first-order chi connectivity index (χ1) is 5.20. The van der Waals surface area contributed by atoms with Crippen LogP contribution < -0.4 is 0 Å². The van der Waals surface area contributed by atoms with Crippen LogP contribution >= 0.6 is 0 Å². The van der Waals surface area contributed by atoms with E-state index in [4.69, 9.17) is 5.11 Å². The lowest BCUT2D eigenvalue weighted by molar-refractivity contribution is -0.130. The van der Waals surface area contributed by atoms with E-state index in [1.54, 1.807) is 0 Å². The standard InChI is InChI=1S/C9H12O2/c1-7(5-6-9(10)11)8-3-2-4-8/h7-8H,2-4H2,1H3,(H,10,11). The molecule has 2 heteroatoms. The number of carboxylic acids is 1. The second-order valence-corrected chi connectivity index (χ2v) is 3.05. The van der Waals surface area contributed by atoms with Gasteiger partial charge in [-0.2, -0.15) is 0 Å². The van der Waals surface area contributed by atoms with E-state index in [0.717, 1.165) is 0 Å². The molecule has 0 aliphatic heterocycles. The van der Waals surface area contributed by atoms with E-state index >= 15 is 0 Å². The zero-order valence-corrected chi connectivity index (χ0v) is 6.63. The van der Waals surface area contributed by atoms with Gasteiger partial charge in [0.15, 0.2) is 0 Å². The van der Waals surface area contributed by atoms with E-state index < -0.39 is 5.97 Å². The van der Waals surface area contributed by atoms with Crippen molar-refractivity contribution in [3.8, 4) is 11.8 Å². The first-order valence-corrected chi connectivity index (χ1v) is 3.94. The molecule has 0 heterocycles. The van der Waals surface area contributed by atoms with Gasteiger partial charge in [-0.05, 0) is 18.8 Å². The summed E-state index contributed by atoms with van der Waals surface area (Å²) in [5.41, 5.74) is 0. The molecule has 0 spiro atoms. The molecule has 0 aromatic heterocycles. The van der Waals surface area contributed by atoms with Crippen LogP contribution in [0.5, 0.6) is 0 Å². The van der Waals surface area contributed by atoms with Crippen molar-refractivity contribution in [3.05, 3.63) is 0 Å². The highest BCUT2D eigenvalue weighted by atomic mass is 16.4. The summed E-state index contributed by atoms with van der Waals surface area (Å²) in [7, 11) is 0. The van der Waals surface area contributed by atoms with Gasteiger partial charge in [0.2, 0.25) is 0 Å². The Balaban J connectivity index is 2.36. The first-order valence-electron chi connectivity index (χ1n) is 3.94. The second-order valence-electron chi connectivity index (χ2n) is 3.05. The van der Waals surface area contributed by atoms with Crippen molar-refractivity contribution in [2.24, 2.45) is 11.8 Å². The zero-order chi connectivity index (χ0) is 8.27. The van der Waals surface area contributed by atoms with Crippen LogP contribution in [0.25, 0.3) is 0 Å². The molecule has 1 rings (SSSR count). The molecule has 0 saturated heterocycles. The van der Waals surface area contributed by atoms with Crippen LogP contribution in [-0.2, 0) is 4.79 Å². The zero-order valence-electron chi connectivity index (χ0n) is 6.63. The number of hydrogen-bond acceptors (Lipinski definition) is 1. The Labute approximate surface area is 66.6 Å². The van der Waals surface area contributed by atoms with Gasteiger partial charge in [-0.3, -0.25) is 0 Å². The molecule has 60 valence electrons. The summed E-state index contributed by atoms with van der Waals surface area (Å²) in [6.45, 7) is 2.00. The van der Waals surface area contributed by atoms with Gasteiger partial charge in [-0.1, -0.05) is 19.3 Å². The number of carboxylic acid groups (broad SMARTS) is 1. The monoisotopic (exact) mass is 152 g/mol. The summed E-state index contributed by atoms with van der Waals surface area (Å²) in [6, 6.07) is 0. The minimum atomic E-state index is -1.02. The van der Waals surface area contributed by atoms with Crippen LogP contribution in [0, 0.1) is 23.7 Å².